The van der Waals surface area contributed by atoms with Gasteiger partial charge >= 0.3 is 0 Å². The molecule has 0 atom stereocenters. The van der Waals surface area contributed by atoms with E-state index >= 15 is 0 Å². The Kier molecular flexibility index (Phi) is 3.21. The number of halogens is 3. The van der Waals surface area contributed by atoms with Gasteiger partial charge in [-0.2, -0.15) is 0 Å². The summed E-state index contributed by atoms with van der Waals surface area (Å²) in [5.41, 5.74) is 1.03. The molecule has 0 aliphatic heterocycles. The first kappa shape index (κ1) is 11.5. The third-order valence-corrected chi connectivity index (χ3v) is 3.03. The topological polar surface area (TPSA) is 25.8 Å². The van der Waals surface area contributed by atoms with Gasteiger partial charge in [0.15, 0.2) is 16.8 Å². The van der Waals surface area contributed by atoms with E-state index in [1.165, 1.54) is 0 Å². The van der Waals surface area contributed by atoms with Crippen molar-refractivity contribution in [3.8, 4) is 11.4 Å². The van der Waals surface area contributed by atoms with Crippen LogP contribution in [-0.2, 0) is 0 Å². The van der Waals surface area contributed by atoms with Gasteiger partial charge in [-0.25, -0.2) is 14.4 Å². The van der Waals surface area contributed by atoms with E-state index in [0.29, 0.717) is 5.82 Å². The molecule has 2 aromatic rings. The first-order chi connectivity index (χ1) is 7.59. The second-order valence-corrected chi connectivity index (χ2v) is 4.43. The van der Waals surface area contributed by atoms with E-state index in [0.717, 1.165) is 10.0 Å². The van der Waals surface area contributed by atoms with Crippen molar-refractivity contribution in [2.24, 2.45) is 0 Å². The summed E-state index contributed by atoms with van der Waals surface area (Å²) >= 11 is 9.06. The van der Waals surface area contributed by atoms with Gasteiger partial charge < -0.3 is 0 Å². The minimum absolute atomic E-state index is 0.154. The largest absolute Gasteiger partial charge is 0.230 e. The zero-order chi connectivity index (χ0) is 11.7. The smallest absolute Gasteiger partial charge is 0.181 e. The van der Waals surface area contributed by atoms with Gasteiger partial charge in [0.1, 0.15) is 0 Å². The SMILES string of the molecule is Cc1nc(-c2ccccc2Br)nc(Cl)c1F. The van der Waals surface area contributed by atoms with Crippen LogP contribution in [-0.4, -0.2) is 9.97 Å². The molecule has 0 bridgehead atoms. The zero-order valence-corrected chi connectivity index (χ0v) is 10.7. The minimum Gasteiger partial charge on any atom is -0.230 e. The van der Waals surface area contributed by atoms with Crippen LogP contribution in [0.25, 0.3) is 11.4 Å². The minimum atomic E-state index is -0.572. The predicted octanol–water partition coefficient (Wildman–Crippen LogP) is 4.01. The summed E-state index contributed by atoms with van der Waals surface area (Å²) in [4.78, 5) is 7.98. The van der Waals surface area contributed by atoms with E-state index < -0.39 is 5.82 Å². The zero-order valence-electron chi connectivity index (χ0n) is 8.34. The molecule has 1 aromatic heterocycles. The Bertz CT molecular complexity index is 522. The molecule has 0 aliphatic rings. The molecule has 5 heteroatoms. The van der Waals surface area contributed by atoms with Gasteiger partial charge in [0.2, 0.25) is 0 Å². The average Bonchev–Trinajstić information content (AvgIpc) is 2.26. The summed E-state index contributed by atoms with van der Waals surface area (Å²) in [6, 6.07) is 7.44. The summed E-state index contributed by atoms with van der Waals surface area (Å²) in [5.74, 6) is -0.158. The van der Waals surface area contributed by atoms with E-state index in [4.69, 9.17) is 11.6 Å². The molecule has 0 spiro atoms. The number of hydrogen-bond donors (Lipinski definition) is 0. The van der Waals surface area contributed by atoms with Crippen LogP contribution in [0, 0.1) is 12.7 Å². The molecule has 16 heavy (non-hydrogen) atoms. The molecule has 0 N–H and O–H groups in total. The van der Waals surface area contributed by atoms with E-state index in [2.05, 4.69) is 25.9 Å². The molecular formula is C11H7BrClFN2. The Labute approximate surface area is 106 Å². The molecule has 0 fully saturated rings. The number of rotatable bonds is 1. The summed E-state index contributed by atoms with van der Waals surface area (Å²) in [5, 5.41) is -0.154. The van der Waals surface area contributed by atoms with Gasteiger partial charge in [-0.05, 0) is 13.0 Å². The lowest BCUT2D eigenvalue weighted by Gasteiger charge is -2.05. The highest BCUT2D eigenvalue weighted by Crippen LogP contribution is 2.27. The monoisotopic (exact) mass is 300 g/mol. The molecule has 82 valence electrons. The summed E-state index contributed by atoms with van der Waals surface area (Å²) < 4.78 is 14.1. The second-order valence-electron chi connectivity index (χ2n) is 3.22. The van der Waals surface area contributed by atoms with E-state index in [1.54, 1.807) is 6.92 Å². The molecule has 1 aromatic carbocycles. The molecule has 2 rings (SSSR count). The Hall–Kier alpha value is -1.00. The van der Waals surface area contributed by atoms with Crippen molar-refractivity contribution >= 4 is 27.5 Å². The molecule has 0 saturated heterocycles. The standard InChI is InChI=1S/C11H7BrClFN2/c1-6-9(14)10(13)16-11(15-6)7-4-2-3-5-8(7)12/h2-5H,1H3. The highest BCUT2D eigenvalue weighted by molar-refractivity contribution is 9.10. The fourth-order valence-electron chi connectivity index (χ4n) is 1.29. The van der Waals surface area contributed by atoms with Crippen molar-refractivity contribution in [1.29, 1.82) is 0 Å². The average molecular weight is 302 g/mol. The number of benzene rings is 1. The van der Waals surface area contributed by atoms with Crippen molar-refractivity contribution in [3.05, 3.63) is 45.4 Å². The van der Waals surface area contributed by atoms with Crippen LogP contribution in [0.5, 0.6) is 0 Å². The van der Waals surface area contributed by atoms with Crippen molar-refractivity contribution in [1.82, 2.24) is 9.97 Å². The van der Waals surface area contributed by atoms with E-state index in [9.17, 15) is 4.39 Å². The number of aromatic nitrogens is 2. The highest BCUT2D eigenvalue weighted by atomic mass is 79.9. The van der Waals surface area contributed by atoms with Crippen molar-refractivity contribution in [3.63, 3.8) is 0 Å². The van der Waals surface area contributed by atoms with Gasteiger partial charge in [0, 0.05) is 10.0 Å². The maximum absolute atomic E-state index is 13.3. The molecule has 0 saturated carbocycles. The van der Waals surface area contributed by atoms with Gasteiger partial charge in [0.25, 0.3) is 0 Å². The third-order valence-electron chi connectivity index (χ3n) is 2.09. The fourth-order valence-corrected chi connectivity index (χ4v) is 1.97. The highest BCUT2D eigenvalue weighted by Gasteiger charge is 2.12. The van der Waals surface area contributed by atoms with Crippen LogP contribution in [0.1, 0.15) is 5.69 Å². The van der Waals surface area contributed by atoms with E-state index in [-0.39, 0.29) is 10.8 Å². The lowest BCUT2D eigenvalue weighted by atomic mass is 10.2. The Morgan fingerprint density at radius 2 is 1.94 bits per heavy atom. The van der Waals surface area contributed by atoms with E-state index in [1.807, 2.05) is 24.3 Å². The van der Waals surface area contributed by atoms with Crippen molar-refractivity contribution in [2.45, 2.75) is 6.92 Å². The predicted molar refractivity (Wildman–Crippen MR) is 64.9 cm³/mol. The van der Waals surface area contributed by atoms with Crippen LogP contribution in [0.15, 0.2) is 28.7 Å². The maximum atomic E-state index is 13.3. The van der Waals surface area contributed by atoms with Gasteiger partial charge in [-0.3, -0.25) is 0 Å². The second kappa shape index (κ2) is 4.47. The molecule has 0 aliphatic carbocycles. The molecule has 0 radical (unpaired) electrons. The van der Waals surface area contributed by atoms with Gasteiger partial charge in [-0.15, -0.1) is 0 Å². The number of nitrogens with zero attached hydrogens (tertiary/aromatic N) is 2. The number of hydrogen-bond acceptors (Lipinski definition) is 2. The Morgan fingerprint density at radius 3 is 2.56 bits per heavy atom. The summed E-state index contributed by atoms with van der Waals surface area (Å²) in [6.07, 6.45) is 0. The number of aryl methyl sites for hydroxylation is 1. The first-order valence-electron chi connectivity index (χ1n) is 4.54. The van der Waals surface area contributed by atoms with Crippen LogP contribution in [0.4, 0.5) is 4.39 Å². The molecule has 2 nitrogen and oxygen atoms in total. The van der Waals surface area contributed by atoms with Crippen LogP contribution in [0.3, 0.4) is 0 Å². The molecule has 1 heterocycles. The summed E-state index contributed by atoms with van der Waals surface area (Å²) in [6.45, 7) is 1.56. The lowest BCUT2D eigenvalue weighted by molar-refractivity contribution is 0.603. The van der Waals surface area contributed by atoms with Crippen molar-refractivity contribution < 1.29 is 4.39 Å². The van der Waals surface area contributed by atoms with Crippen LogP contribution in [0.2, 0.25) is 5.15 Å². The molecule has 0 amide bonds. The quantitative estimate of drug-likeness (QED) is 0.744. The van der Waals surface area contributed by atoms with Crippen LogP contribution >= 0.6 is 27.5 Å². The third kappa shape index (κ3) is 2.08. The maximum Gasteiger partial charge on any atom is 0.181 e. The normalized spacial score (nSPS) is 10.5. The van der Waals surface area contributed by atoms with Gasteiger partial charge in [-0.1, -0.05) is 45.7 Å². The van der Waals surface area contributed by atoms with Gasteiger partial charge in [0.05, 0.1) is 5.69 Å². The van der Waals surface area contributed by atoms with Crippen LogP contribution < -0.4 is 0 Å². The Morgan fingerprint density at radius 1 is 1.25 bits per heavy atom. The van der Waals surface area contributed by atoms with Crippen molar-refractivity contribution in [2.75, 3.05) is 0 Å². The molecular weight excluding hydrogens is 294 g/mol. The Balaban J connectivity index is 2.62. The fraction of sp³-hybridized carbons (Fsp3) is 0.0909. The summed E-state index contributed by atoms with van der Waals surface area (Å²) in [7, 11) is 0. The first-order valence-corrected chi connectivity index (χ1v) is 5.71. The molecule has 0 unspecified atom stereocenters. The lowest BCUT2D eigenvalue weighted by Crippen LogP contribution is -1.97.